The molecule has 2 rings (SSSR count). The second-order valence-corrected chi connectivity index (χ2v) is 15.2. The molecule has 1 heterocycles. The number of ether oxygens (including phenoxy) is 12. The van der Waals surface area contributed by atoms with Gasteiger partial charge in [-0.1, -0.05) is 24.3 Å². The number of carbonyl (C=O) groups excluding carboxylic acids is 2. The minimum absolute atomic E-state index is 0.0848. The normalized spacial score (nSPS) is 23.2. The summed E-state index contributed by atoms with van der Waals surface area (Å²) in [4.78, 5) is 29.4. The zero-order chi connectivity index (χ0) is 46.4. The first-order valence-corrected chi connectivity index (χ1v) is 20.8. The van der Waals surface area contributed by atoms with Crippen LogP contribution in [0.2, 0.25) is 0 Å². The maximum Gasteiger partial charge on any atom is 0.219 e. The highest BCUT2D eigenvalue weighted by atomic mass is 16.7. The van der Waals surface area contributed by atoms with E-state index in [0.717, 1.165) is 11.1 Å². The van der Waals surface area contributed by atoms with Crippen LogP contribution in [0, 0.1) is 5.92 Å². The van der Waals surface area contributed by atoms with E-state index < -0.39 is 73.4 Å². The van der Waals surface area contributed by atoms with Crippen molar-refractivity contribution in [2.24, 2.45) is 5.92 Å². The van der Waals surface area contributed by atoms with Crippen LogP contribution in [0.5, 0.6) is 0 Å². The Balaban J connectivity index is 2.35. The standard InChI is InChI=1S/C43H76N2O17/c1-27(49)44(23-34(53-5)38(57-9)36(55-7)31(25-48)26-51-3)21-29-13-15-30(16-14-29)22-45(28(2)50)24-35(54-6)39(58-10)40(32(52-4)17-19-46)62-43-42(60-12)41(59-11)37(56-8)33(61-43)18-20-47/h13-16,31-43,46-48H,17-26H2,1-12H3/t31-,32?,33?,34?,35-,36+,37-,38?,39+,40-,41-,42?,43-/m1/s1. The Kier molecular flexibility index (Phi) is 26.9. The first kappa shape index (κ1) is 55.7. The van der Waals surface area contributed by atoms with E-state index in [1.54, 1.807) is 16.9 Å². The molecular formula is C43H76N2O17. The molecule has 3 N–H and O–H groups in total. The highest BCUT2D eigenvalue weighted by molar-refractivity contribution is 5.73. The number of nitrogens with zero attached hydrogens (tertiary/aromatic N) is 2. The molecule has 0 spiro atoms. The molecule has 19 nitrogen and oxygen atoms in total. The van der Waals surface area contributed by atoms with E-state index in [1.807, 2.05) is 24.3 Å². The van der Waals surface area contributed by atoms with Gasteiger partial charge in [-0.05, 0) is 24.0 Å². The van der Waals surface area contributed by atoms with Gasteiger partial charge in [-0.25, -0.2) is 0 Å². The summed E-state index contributed by atoms with van der Waals surface area (Å²) < 4.78 is 70.9. The van der Waals surface area contributed by atoms with Crippen molar-refractivity contribution in [2.45, 2.75) is 113 Å². The molecule has 1 aromatic carbocycles. The second kappa shape index (κ2) is 29.9. The van der Waals surface area contributed by atoms with E-state index in [4.69, 9.17) is 56.8 Å². The largest absolute Gasteiger partial charge is 0.396 e. The molecule has 1 fully saturated rings. The summed E-state index contributed by atoms with van der Waals surface area (Å²) in [6.07, 6.45) is -8.27. The van der Waals surface area contributed by atoms with Gasteiger partial charge in [0.25, 0.3) is 0 Å². The number of aliphatic hydroxyl groups is 3. The fourth-order valence-electron chi connectivity index (χ4n) is 8.14. The fourth-order valence-corrected chi connectivity index (χ4v) is 8.14. The number of aliphatic hydroxyl groups excluding tert-OH is 3. The van der Waals surface area contributed by atoms with Crippen LogP contribution in [0.15, 0.2) is 24.3 Å². The van der Waals surface area contributed by atoms with Crippen LogP contribution < -0.4 is 0 Å². The van der Waals surface area contributed by atoms with Gasteiger partial charge in [-0.15, -0.1) is 0 Å². The maximum atomic E-state index is 13.2. The molecule has 62 heavy (non-hydrogen) atoms. The Hall–Kier alpha value is -2.44. The number of hydrogen-bond donors (Lipinski definition) is 3. The van der Waals surface area contributed by atoms with Gasteiger partial charge in [-0.3, -0.25) is 9.59 Å². The minimum Gasteiger partial charge on any atom is -0.396 e. The van der Waals surface area contributed by atoms with Crippen LogP contribution in [-0.4, -0.2) is 221 Å². The predicted octanol–water partition coefficient (Wildman–Crippen LogP) is 0.648. The number of hydrogen-bond acceptors (Lipinski definition) is 17. The van der Waals surface area contributed by atoms with Gasteiger partial charge in [0.15, 0.2) is 6.29 Å². The zero-order valence-electron chi connectivity index (χ0n) is 38.8. The van der Waals surface area contributed by atoms with E-state index in [2.05, 4.69) is 0 Å². The molecule has 1 aliphatic rings. The third-order valence-electron chi connectivity index (χ3n) is 11.5. The molecule has 1 saturated heterocycles. The number of methoxy groups -OCH3 is 10. The van der Waals surface area contributed by atoms with Crippen molar-refractivity contribution in [3.63, 3.8) is 0 Å². The van der Waals surface area contributed by atoms with Gasteiger partial charge < -0.3 is 82.0 Å². The number of carbonyl (C=O) groups is 2. The van der Waals surface area contributed by atoms with Gasteiger partial charge in [-0.2, -0.15) is 0 Å². The monoisotopic (exact) mass is 893 g/mol. The Morgan fingerprint density at radius 1 is 0.613 bits per heavy atom. The fraction of sp³-hybridized carbons (Fsp3) is 0.814. The molecule has 2 amide bonds. The first-order chi connectivity index (χ1) is 29.8. The topological polar surface area (TPSA) is 212 Å². The molecule has 0 aromatic heterocycles. The second-order valence-electron chi connectivity index (χ2n) is 15.2. The Morgan fingerprint density at radius 3 is 1.44 bits per heavy atom. The van der Waals surface area contributed by atoms with Gasteiger partial charge in [0.1, 0.15) is 48.8 Å². The van der Waals surface area contributed by atoms with Gasteiger partial charge >= 0.3 is 0 Å². The third kappa shape index (κ3) is 15.6. The number of rotatable bonds is 32. The Morgan fingerprint density at radius 2 is 1.08 bits per heavy atom. The molecule has 0 saturated carbocycles. The van der Waals surface area contributed by atoms with Crippen molar-refractivity contribution in [2.75, 3.05) is 111 Å². The van der Waals surface area contributed by atoms with Crippen molar-refractivity contribution in [3.05, 3.63) is 35.4 Å². The molecule has 1 aromatic rings. The lowest BCUT2D eigenvalue weighted by Gasteiger charge is -2.47. The average molecular weight is 893 g/mol. The van der Waals surface area contributed by atoms with Gasteiger partial charge in [0.2, 0.25) is 11.8 Å². The molecule has 5 unspecified atom stereocenters. The first-order valence-electron chi connectivity index (χ1n) is 20.8. The van der Waals surface area contributed by atoms with Crippen LogP contribution in [0.3, 0.4) is 0 Å². The van der Waals surface area contributed by atoms with E-state index in [1.165, 1.54) is 77.8 Å². The minimum atomic E-state index is -1.05. The van der Waals surface area contributed by atoms with Gasteiger partial charge in [0.05, 0.1) is 31.5 Å². The zero-order valence-corrected chi connectivity index (χ0v) is 38.8. The molecule has 0 radical (unpaired) electrons. The average Bonchev–Trinajstić information content (AvgIpc) is 3.27. The van der Waals surface area contributed by atoms with Crippen LogP contribution >= 0.6 is 0 Å². The molecular weight excluding hydrogens is 816 g/mol. The summed E-state index contributed by atoms with van der Waals surface area (Å²) in [6, 6.07) is 7.58. The quantitative estimate of drug-likeness (QED) is 0.0907. The Labute approximate surface area is 368 Å². The number of benzene rings is 1. The van der Waals surface area contributed by atoms with Crippen LogP contribution in [0.1, 0.15) is 37.8 Å². The lowest BCUT2D eigenvalue weighted by atomic mass is 9.95. The molecule has 19 heteroatoms. The summed E-state index contributed by atoms with van der Waals surface area (Å²) in [5.74, 6) is -0.783. The van der Waals surface area contributed by atoms with E-state index in [9.17, 15) is 24.9 Å². The van der Waals surface area contributed by atoms with Crippen molar-refractivity contribution in [3.8, 4) is 0 Å². The summed E-state index contributed by atoms with van der Waals surface area (Å²) in [5, 5.41) is 29.9. The van der Waals surface area contributed by atoms with Crippen LogP contribution in [0.4, 0.5) is 0 Å². The molecule has 1 aliphatic heterocycles. The van der Waals surface area contributed by atoms with Crippen LogP contribution in [0.25, 0.3) is 0 Å². The van der Waals surface area contributed by atoms with Crippen molar-refractivity contribution < 1.29 is 81.8 Å². The molecule has 13 atom stereocenters. The smallest absolute Gasteiger partial charge is 0.219 e. The van der Waals surface area contributed by atoms with E-state index in [0.29, 0.717) is 0 Å². The molecule has 0 aliphatic carbocycles. The predicted molar refractivity (Wildman–Crippen MR) is 225 cm³/mol. The SMILES string of the molecule is COC[C@@H](CO)[C@H](OC)C(OC)C(CN(Cc1ccc(CN(C[C@@H](OC)[C@H](OC)[C@H](O[C@H]2OC(CCO)[C@@H](OC)[C@@H](OC)C2OC)C(CCO)OC)C(C)=O)cc1)C(C)=O)OC. The highest BCUT2D eigenvalue weighted by Crippen LogP contribution is 2.32. The molecule has 360 valence electrons. The van der Waals surface area contributed by atoms with Crippen molar-refractivity contribution in [1.82, 2.24) is 9.80 Å². The third-order valence-corrected chi connectivity index (χ3v) is 11.5. The lowest BCUT2D eigenvalue weighted by molar-refractivity contribution is -0.335. The Bertz CT molecular complexity index is 1360. The highest BCUT2D eigenvalue weighted by Gasteiger charge is 2.50. The van der Waals surface area contributed by atoms with Crippen molar-refractivity contribution >= 4 is 11.8 Å². The summed E-state index contributed by atoms with van der Waals surface area (Å²) in [6.45, 7) is 3.37. The van der Waals surface area contributed by atoms with E-state index in [-0.39, 0.29) is 83.2 Å². The molecule has 0 bridgehead atoms. The number of amides is 2. The summed E-state index contributed by atoms with van der Waals surface area (Å²) in [7, 11) is 15.2. The maximum absolute atomic E-state index is 13.2. The summed E-state index contributed by atoms with van der Waals surface area (Å²) in [5.41, 5.74) is 1.66. The van der Waals surface area contributed by atoms with Crippen LogP contribution in [-0.2, 0) is 79.5 Å². The lowest BCUT2D eigenvalue weighted by Crippen LogP contribution is -2.62. The van der Waals surface area contributed by atoms with Gasteiger partial charge in [0, 0.05) is 130 Å². The summed E-state index contributed by atoms with van der Waals surface area (Å²) >= 11 is 0. The van der Waals surface area contributed by atoms with Crippen molar-refractivity contribution in [1.29, 1.82) is 0 Å². The van der Waals surface area contributed by atoms with E-state index >= 15 is 0 Å².